The lowest BCUT2D eigenvalue weighted by Crippen LogP contribution is -2.17. The predicted molar refractivity (Wildman–Crippen MR) is 84.1 cm³/mol. The number of carbonyl (C=O) groups is 1. The first kappa shape index (κ1) is 15.0. The Kier molecular flexibility index (Phi) is 3.98. The molecule has 21 heavy (non-hydrogen) atoms. The van der Waals surface area contributed by atoms with Crippen LogP contribution in [0.25, 0.3) is 11.1 Å². The SMILES string of the molecule is CC(C)(C)c1ccc(CC(N)=O)c(-c2ccc[nH]c2=O)c1. The zero-order valence-corrected chi connectivity index (χ0v) is 12.6. The minimum atomic E-state index is -0.410. The van der Waals surface area contributed by atoms with Crippen molar-refractivity contribution in [2.24, 2.45) is 5.73 Å². The Labute approximate surface area is 124 Å². The predicted octanol–water partition coefficient (Wildman–Crippen LogP) is 2.37. The summed E-state index contributed by atoms with van der Waals surface area (Å²) in [6.07, 6.45) is 1.71. The van der Waals surface area contributed by atoms with Gasteiger partial charge in [0.1, 0.15) is 0 Å². The van der Waals surface area contributed by atoms with Gasteiger partial charge >= 0.3 is 0 Å². The number of amides is 1. The zero-order valence-electron chi connectivity index (χ0n) is 12.6. The third-order valence-electron chi connectivity index (χ3n) is 3.45. The highest BCUT2D eigenvalue weighted by atomic mass is 16.1. The van der Waals surface area contributed by atoms with Gasteiger partial charge in [-0.25, -0.2) is 0 Å². The van der Waals surface area contributed by atoms with Gasteiger partial charge in [0.15, 0.2) is 0 Å². The number of aromatic nitrogens is 1. The van der Waals surface area contributed by atoms with Crippen molar-refractivity contribution in [1.82, 2.24) is 4.98 Å². The summed E-state index contributed by atoms with van der Waals surface area (Å²) in [6.45, 7) is 6.32. The number of pyridine rings is 1. The summed E-state index contributed by atoms with van der Waals surface area (Å²) in [5.41, 5.74) is 8.29. The molecule has 0 atom stereocenters. The van der Waals surface area contributed by atoms with Crippen LogP contribution >= 0.6 is 0 Å². The van der Waals surface area contributed by atoms with Crippen molar-refractivity contribution in [1.29, 1.82) is 0 Å². The number of aromatic amines is 1. The van der Waals surface area contributed by atoms with E-state index in [1.54, 1.807) is 18.3 Å². The highest BCUT2D eigenvalue weighted by Crippen LogP contribution is 2.29. The molecule has 0 spiro atoms. The van der Waals surface area contributed by atoms with Gasteiger partial charge in [0.2, 0.25) is 5.91 Å². The number of rotatable bonds is 3. The average molecular weight is 284 g/mol. The van der Waals surface area contributed by atoms with Crippen LogP contribution in [-0.2, 0) is 16.6 Å². The van der Waals surface area contributed by atoms with Gasteiger partial charge in [0.25, 0.3) is 5.56 Å². The highest BCUT2D eigenvalue weighted by Gasteiger charge is 2.18. The van der Waals surface area contributed by atoms with Crippen LogP contribution in [0.5, 0.6) is 0 Å². The molecule has 0 radical (unpaired) electrons. The van der Waals surface area contributed by atoms with E-state index in [9.17, 15) is 9.59 Å². The van der Waals surface area contributed by atoms with Crippen molar-refractivity contribution < 1.29 is 4.79 Å². The van der Waals surface area contributed by atoms with Crippen LogP contribution in [0.1, 0.15) is 31.9 Å². The smallest absolute Gasteiger partial charge is 0.255 e. The lowest BCUT2D eigenvalue weighted by molar-refractivity contribution is -0.117. The molecule has 0 aliphatic carbocycles. The molecule has 1 heterocycles. The summed E-state index contributed by atoms with van der Waals surface area (Å²) in [5, 5.41) is 0. The number of nitrogens with one attached hydrogen (secondary N) is 1. The number of primary amides is 1. The molecule has 0 unspecified atom stereocenters. The van der Waals surface area contributed by atoms with E-state index < -0.39 is 5.91 Å². The quantitative estimate of drug-likeness (QED) is 0.907. The van der Waals surface area contributed by atoms with E-state index in [1.807, 2.05) is 18.2 Å². The van der Waals surface area contributed by atoms with Crippen molar-refractivity contribution >= 4 is 5.91 Å². The van der Waals surface area contributed by atoms with Crippen LogP contribution in [0.3, 0.4) is 0 Å². The first-order valence-electron chi connectivity index (χ1n) is 6.89. The molecule has 110 valence electrons. The monoisotopic (exact) mass is 284 g/mol. The Morgan fingerprint density at radius 1 is 1.19 bits per heavy atom. The van der Waals surface area contributed by atoms with Crippen LogP contribution in [-0.4, -0.2) is 10.9 Å². The lowest BCUT2D eigenvalue weighted by atomic mass is 9.84. The summed E-state index contributed by atoms with van der Waals surface area (Å²) in [7, 11) is 0. The fraction of sp³-hybridized carbons (Fsp3) is 0.294. The molecule has 1 aromatic carbocycles. The van der Waals surface area contributed by atoms with Gasteiger partial charge in [0.05, 0.1) is 6.42 Å². The number of hydrogen-bond acceptors (Lipinski definition) is 2. The van der Waals surface area contributed by atoms with E-state index in [1.165, 1.54) is 0 Å². The van der Waals surface area contributed by atoms with Crippen molar-refractivity contribution in [2.45, 2.75) is 32.6 Å². The Morgan fingerprint density at radius 3 is 2.48 bits per heavy atom. The van der Waals surface area contributed by atoms with Crippen molar-refractivity contribution in [3.63, 3.8) is 0 Å². The number of hydrogen-bond donors (Lipinski definition) is 2. The molecule has 1 aromatic heterocycles. The van der Waals surface area contributed by atoms with Crippen LogP contribution in [0, 0.1) is 0 Å². The molecule has 2 rings (SSSR count). The molecule has 1 amide bonds. The Hall–Kier alpha value is -2.36. The number of H-pyrrole nitrogens is 1. The molecular formula is C17H20N2O2. The van der Waals surface area contributed by atoms with Gasteiger partial charge in [-0.1, -0.05) is 39.0 Å². The van der Waals surface area contributed by atoms with Crippen LogP contribution in [0.15, 0.2) is 41.3 Å². The molecule has 4 nitrogen and oxygen atoms in total. The van der Waals surface area contributed by atoms with Crippen LogP contribution in [0.2, 0.25) is 0 Å². The molecule has 3 N–H and O–H groups in total. The molecule has 0 aliphatic rings. The van der Waals surface area contributed by atoms with Gasteiger partial charge in [-0.3, -0.25) is 9.59 Å². The molecule has 0 aliphatic heterocycles. The van der Waals surface area contributed by atoms with Crippen molar-refractivity contribution in [2.75, 3.05) is 0 Å². The second-order valence-electron chi connectivity index (χ2n) is 6.18. The standard InChI is InChI=1S/C17H20N2O2/c1-17(2,3)12-7-6-11(9-15(18)20)14(10-12)13-5-4-8-19-16(13)21/h4-8,10H,9H2,1-3H3,(H2,18,20)(H,19,21). The van der Waals surface area contributed by atoms with Gasteiger partial charge in [-0.2, -0.15) is 0 Å². The third-order valence-corrected chi connectivity index (χ3v) is 3.45. The highest BCUT2D eigenvalue weighted by molar-refractivity contribution is 5.80. The van der Waals surface area contributed by atoms with E-state index in [2.05, 4.69) is 25.8 Å². The van der Waals surface area contributed by atoms with E-state index in [-0.39, 0.29) is 17.4 Å². The second-order valence-corrected chi connectivity index (χ2v) is 6.18. The maximum atomic E-state index is 12.0. The van der Waals surface area contributed by atoms with Crippen molar-refractivity contribution in [3.8, 4) is 11.1 Å². The number of carbonyl (C=O) groups excluding carboxylic acids is 1. The summed E-state index contributed by atoms with van der Waals surface area (Å²) in [4.78, 5) is 26.0. The molecule has 0 bridgehead atoms. The average Bonchev–Trinajstić information content (AvgIpc) is 2.38. The Morgan fingerprint density at radius 2 is 1.90 bits per heavy atom. The van der Waals surface area contributed by atoms with Gasteiger partial charge in [-0.15, -0.1) is 0 Å². The van der Waals surface area contributed by atoms with E-state index >= 15 is 0 Å². The summed E-state index contributed by atoms with van der Waals surface area (Å²) < 4.78 is 0. The van der Waals surface area contributed by atoms with E-state index in [0.29, 0.717) is 5.56 Å². The maximum absolute atomic E-state index is 12.0. The fourth-order valence-electron chi connectivity index (χ4n) is 2.27. The largest absolute Gasteiger partial charge is 0.369 e. The van der Waals surface area contributed by atoms with Gasteiger partial charge in [-0.05, 0) is 34.2 Å². The normalized spacial score (nSPS) is 11.4. The zero-order chi connectivity index (χ0) is 15.6. The summed E-state index contributed by atoms with van der Waals surface area (Å²) in [5.74, 6) is -0.410. The first-order chi connectivity index (χ1) is 9.79. The molecule has 0 saturated carbocycles. The third kappa shape index (κ3) is 3.40. The van der Waals surface area contributed by atoms with Crippen LogP contribution < -0.4 is 11.3 Å². The fourth-order valence-corrected chi connectivity index (χ4v) is 2.27. The Balaban J connectivity index is 2.67. The van der Waals surface area contributed by atoms with E-state index in [4.69, 9.17) is 5.73 Å². The number of nitrogens with two attached hydrogens (primary N) is 1. The first-order valence-corrected chi connectivity index (χ1v) is 6.89. The van der Waals surface area contributed by atoms with Crippen LogP contribution in [0.4, 0.5) is 0 Å². The molecule has 0 saturated heterocycles. The maximum Gasteiger partial charge on any atom is 0.255 e. The molecule has 4 heteroatoms. The minimum absolute atomic E-state index is 0.0401. The summed E-state index contributed by atoms with van der Waals surface area (Å²) in [6, 6.07) is 9.37. The second kappa shape index (κ2) is 5.56. The Bertz CT molecular complexity index is 724. The molecule has 2 aromatic rings. The molecule has 0 fully saturated rings. The minimum Gasteiger partial charge on any atom is -0.369 e. The topological polar surface area (TPSA) is 76.0 Å². The van der Waals surface area contributed by atoms with E-state index in [0.717, 1.165) is 16.7 Å². The number of benzene rings is 1. The van der Waals surface area contributed by atoms with Gasteiger partial charge < -0.3 is 10.7 Å². The van der Waals surface area contributed by atoms with Crippen molar-refractivity contribution in [3.05, 3.63) is 58.0 Å². The lowest BCUT2D eigenvalue weighted by Gasteiger charge is -2.21. The molecular weight excluding hydrogens is 264 g/mol. The van der Waals surface area contributed by atoms with Gasteiger partial charge in [0, 0.05) is 11.8 Å². The summed E-state index contributed by atoms with van der Waals surface area (Å²) >= 11 is 0.